The molecule has 2 rings (SSSR count). The van der Waals surface area contributed by atoms with E-state index in [-0.39, 0.29) is 26.1 Å². The number of nitrogens with two attached hydrogens (primary N) is 1. The predicted molar refractivity (Wildman–Crippen MR) is 106 cm³/mol. The molecule has 0 aromatic heterocycles. The van der Waals surface area contributed by atoms with Gasteiger partial charge in [0.2, 0.25) is 15.9 Å². The highest BCUT2D eigenvalue weighted by Crippen LogP contribution is 2.28. The van der Waals surface area contributed by atoms with E-state index in [0.29, 0.717) is 29.2 Å². The summed E-state index contributed by atoms with van der Waals surface area (Å²) in [5, 5.41) is 2.61. The highest BCUT2D eigenvalue weighted by Gasteiger charge is 2.16. The second-order valence-electron chi connectivity index (χ2n) is 6.24. The Kier molecular flexibility index (Phi) is 8.28. The minimum absolute atomic E-state index is 0.126. The molecule has 2 aromatic carbocycles. The van der Waals surface area contributed by atoms with Gasteiger partial charge in [0, 0.05) is 19.5 Å². The number of rotatable bonds is 11. The molecule has 12 heteroatoms. The fourth-order valence-corrected chi connectivity index (χ4v) is 3.45. The van der Waals surface area contributed by atoms with Gasteiger partial charge in [0.15, 0.2) is 29.7 Å². The molecule has 0 aliphatic rings. The monoisotopic (exact) mass is 457 g/mol. The van der Waals surface area contributed by atoms with Crippen LogP contribution in [0.4, 0.5) is 8.78 Å². The number of primary amides is 1. The maximum absolute atomic E-state index is 13.2. The lowest BCUT2D eigenvalue weighted by molar-refractivity contribution is -0.121. The van der Waals surface area contributed by atoms with Crippen molar-refractivity contribution in [1.82, 2.24) is 10.0 Å². The van der Waals surface area contributed by atoms with Crippen LogP contribution in [0.3, 0.4) is 0 Å². The minimum atomic E-state index is -4.09. The third-order valence-electron chi connectivity index (χ3n) is 3.93. The molecule has 2 aromatic rings. The van der Waals surface area contributed by atoms with Crippen molar-refractivity contribution in [2.45, 2.75) is 17.9 Å². The van der Waals surface area contributed by atoms with Crippen molar-refractivity contribution >= 4 is 21.8 Å². The molecule has 0 saturated heterocycles. The first-order chi connectivity index (χ1) is 14.6. The quantitative estimate of drug-likeness (QED) is 0.457. The van der Waals surface area contributed by atoms with Crippen LogP contribution < -0.4 is 25.2 Å². The summed E-state index contributed by atoms with van der Waals surface area (Å²) >= 11 is 0. The van der Waals surface area contributed by atoms with E-state index in [4.69, 9.17) is 15.2 Å². The summed E-state index contributed by atoms with van der Waals surface area (Å²) in [5.74, 6) is -2.89. The van der Waals surface area contributed by atoms with Gasteiger partial charge in [-0.3, -0.25) is 9.59 Å². The molecule has 0 radical (unpaired) electrons. The van der Waals surface area contributed by atoms with Crippen molar-refractivity contribution < 1.29 is 36.3 Å². The van der Waals surface area contributed by atoms with Crippen LogP contribution in [0, 0.1) is 11.6 Å². The smallest absolute Gasteiger partial charge is 0.255 e. The SMILES string of the molecule is COc1cc(CNC(=O)CCNS(=O)(=O)c2ccc(F)c(F)c2)ccc1OCC(N)=O. The lowest BCUT2D eigenvalue weighted by atomic mass is 10.2. The van der Waals surface area contributed by atoms with Crippen LogP contribution in [-0.2, 0) is 26.2 Å². The molecule has 0 fully saturated rings. The van der Waals surface area contributed by atoms with Gasteiger partial charge in [0.25, 0.3) is 5.91 Å². The van der Waals surface area contributed by atoms with Gasteiger partial charge in [-0.2, -0.15) is 0 Å². The number of hydrogen-bond acceptors (Lipinski definition) is 6. The van der Waals surface area contributed by atoms with Crippen molar-refractivity contribution in [3.8, 4) is 11.5 Å². The number of amides is 2. The number of sulfonamides is 1. The molecule has 31 heavy (non-hydrogen) atoms. The van der Waals surface area contributed by atoms with E-state index in [2.05, 4.69) is 10.0 Å². The normalized spacial score (nSPS) is 11.1. The zero-order chi connectivity index (χ0) is 23.0. The lowest BCUT2D eigenvalue weighted by Gasteiger charge is -2.12. The van der Waals surface area contributed by atoms with Gasteiger partial charge in [-0.05, 0) is 35.9 Å². The number of ether oxygens (including phenoxy) is 2. The number of nitrogens with one attached hydrogen (secondary N) is 2. The Morgan fingerprint density at radius 3 is 2.45 bits per heavy atom. The average molecular weight is 457 g/mol. The Hall–Kier alpha value is -3.25. The molecule has 0 spiro atoms. The van der Waals surface area contributed by atoms with Gasteiger partial charge >= 0.3 is 0 Å². The third kappa shape index (κ3) is 7.19. The molecule has 0 heterocycles. The summed E-state index contributed by atoms with van der Waals surface area (Å²) in [5.41, 5.74) is 5.69. The average Bonchev–Trinajstić information content (AvgIpc) is 2.72. The zero-order valence-corrected chi connectivity index (χ0v) is 17.3. The van der Waals surface area contributed by atoms with Crippen LogP contribution in [0.5, 0.6) is 11.5 Å². The highest BCUT2D eigenvalue weighted by molar-refractivity contribution is 7.89. The minimum Gasteiger partial charge on any atom is -0.493 e. The molecular formula is C19H21F2N3O6S. The molecule has 0 aliphatic heterocycles. The summed E-state index contributed by atoms with van der Waals surface area (Å²) in [6.07, 6.45) is -0.181. The van der Waals surface area contributed by atoms with Gasteiger partial charge in [-0.1, -0.05) is 6.07 Å². The van der Waals surface area contributed by atoms with E-state index in [1.165, 1.54) is 7.11 Å². The number of halogens is 2. The maximum Gasteiger partial charge on any atom is 0.255 e. The Morgan fingerprint density at radius 1 is 1.06 bits per heavy atom. The van der Waals surface area contributed by atoms with E-state index < -0.39 is 38.4 Å². The standard InChI is InChI=1S/C19H21F2N3O6S/c1-29-17-8-12(2-5-16(17)30-11-18(22)25)10-23-19(26)6-7-24-31(27,28)13-3-4-14(20)15(21)9-13/h2-5,8-9,24H,6-7,10-11H2,1H3,(H2,22,25)(H,23,26). The molecular weight excluding hydrogens is 436 g/mol. The Morgan fingerprint density at radius 2 is 1.81 bits per heavy atom. The first-order valence-corrected chi connectivity index (χ1v) is 10.4. The first kappa shape index (κ1) is 24.0. The largest absolute Gasteiger partial charge is 0.493 e. The topological polar surface area (TPSA) is 137 Å². The fourth-order valence-electron chi connectivity index (χ4n) is 2.41. The molecule has 4 N–H and O–H groups in total. The second-order valence-corrected chi connectivity index (χ2v) is 8.01. The predicted octanol–water partition coefficient (Wildman–Crippen LogP) is 0.822. The Labute approximate surface area is 177 Å². The Balaban J connectivity index is 1.85. The second kappa shape index (κ2) is 10.7. The summed E-state index contributed by atoms with van der Waals surface area (Å²) < 4.78 is 62.8. The lowest BCUT2D eigenvalue weighted by Crippen LogP contribution is -2.30. The zero-order valence-electron chi connectivity index (χ0n) is 16.5. The van der Waals surface area contributed by atoms with E-state index in [0.717, 1.165) is 6.07 Å². The van der Waals surface area contributed by atoms with Crippen LogP contribution in [0.2, 0.25) is 0 Å². The number of hydrogen-bond donors (Lipinski definition) is 3. The molecule has 0 aliphatic carbocycles. The van der Waals surface area contributed by atoms with Gasteiger partial charge in [0.1, 0.15) is 0 Å². The fraction of sp³-hybridized carbons (Fsp3) is 0.263. The van der Waals surface area contributed by atoms with Gasteiger partial charge in [0.05, 0.1) is 12.0 Å². The van der Waals surface area contributed by atoms with Crippen molar-refractivity contribution in [1.29, 1.82) is 0 Å². The molecule has 9 nitrogen and oxygen atoms in total. The van der Waals surface area contributed by atoms with Crippen molar-refractivity contribution in [3.05, 3.63) is 53.6 Å². The van der Waals surface area contributed by atoms with Crippen LogP contribution in [0.15, 0.2) is 41.3 Å². The Bertz CT molecular complexity index is 1060. The first-order valence-electron chi connectivity index (χ1n) is 8.92. The summed E-state index contributed by atoms with van der Waals surface area (Å²) in [4.78, 5) is 22.3. The van der Waals surface area contributed by atoms with Crippen LogP contribution in [-0.4, -0.2) is 40.5 Å². The van der Waals surface area contributed by atoms with E-state index in [1.807, 2.05) is 0 Å². The molecule has 0 bridgehead atoms. The molecule has 0 atom stereocenters. The molecule has 0 saturated carbocycles. The van der Waals surface area contributed by atoms with Gasteiger partial charge < -0.3 is 20.5 Å². The van der Waals surface area contributed by atoms with E-state index >= 15 is 0 Å². The van der Waals surface area contributed by atoms with Gasteiger partial charge in [-0.15, -0.1) is 0 Å². The third-order valence-corrected chi connectivity index (χ3v) is 5.39. The van der Waals surface area contributed by atoms with Crippen molar-refractivity contribution in [2.24, 2.45) is 5.73 Å². The number of methoxy groups -OCH3 is 1. The van der Waals surface area contributed by atoms with Crippen LogP contribution in [0.1, 0.15) is 12.0 Å². The highest BCUT2D eigenvalue weighted by atomic mass is 32.2. The van der Waals surface area contributed by atoms with E-state index in [9.17, 15) is 26.8 Å². The number of carbonyl (C=O) groups excluding carboxylic acids is 2. The molecule has 0 unspecified atom stereocenters. The van der Waals surface area contributed by atoms with Crippen molar-refractivity contribution in [2.75, 3.05) is 20.3 Å². The summed E-state index contributed by atoms with van der Waals surface area (Å²) in [6.45, 7) is -0.426. The summed E-state index contributed by atoms with van der Waals surface area (Å²) in [6, 6.07) is 6.98. The van der Waals surface area contributed by atoms with Crippen LogP contribution in [0.25, 0.3) is 0 Å². The molecule has 2 amide bonds. The number of benzene rings is 2. The molecule has 168 valence electrons. The maximum atomic E-state index is 13.2. The van der Waals surface area contributed by atoms with Gasteiger partial charge in [-0.25, -0.2) is 21.9 Å². The van der Waals surface area contributed by atoms with E-state index in [1.54, 1.807) is 18.2 Å². The number of carbonyl (C=O) groups is 2. The van der Waals surface area contributed by atoms with Crippen LogP contribution >= 0.6 is 0 Å². The van der Waals surface area contributed by atoms with Crippen molar-refractivity contribution in [3.63, 3.8) is 0 Å². The summed E-state index contributed by atoms with van der Waals surface area (Å²) in [7, 11) is -2.68.